The van der Waals surface area contributed by atoms with Crippen LogP contribution >= 0.6 is 15.9 Å². The second kappa shape index (κ2) is 4.63. The van der Waals surface area contributed by atoms with Crippen molar-refractivity contribution >= 4 is 15.9 Å². The number of benzene rings is 2. The molecule has 0 unspecified atom stereocenters. The van der Waals surface area contributed by atoms with Crippen molar-refractivity contribution in [2.45, 2.75) is 19.4 Å². The second-order valence-corrected chi connectivity index (χ2v) is 5.44. The molecule has 2 heteroatoms. The summed E-state index contributed by atoms with van der Waals surface area (Å²) in [7, 11) is 0. The van der Waals surface area contributed by atoms with E-state index in [-0.39, 0.29) is 0 Å². The molecule has 1 N–H and O–H groups in total. The number of hydrogen-bond donors (Lipinski definition) is 1. The summed E-state index contributed by atoms with van der Waals surface area (Å²) in [6.07, 6.45) is 0. The molecule has 0 amide bonds. The molecule has 0 atom stereocenters. The average molecular weight is 291 g/mol. The van der Waals surface area contributed by atoms with Crippen LogP contribution in [0.4, 0.5) is 0 Å². The highest BCUT2D eigenvalue weighted by Crippen LogP contribution is 2.35. The summed E-state index contributed by atoms with van der Waals surface area (Å²) in [5.74, 6) is 0. The van der Waals surface area contributed by atoms with Crippen molar-refractivity contribution in [2.75, 3.05) is 0 Å². The lowest BCUT2D eigenvalue weighted by Gasteiger charge is -2.22. The average Bonchev–Trinajstić information content (AvgIpc) is 2.28. The smallest absolute Gasteiger partial charge is 0.0846 e. The zero-order chi connectivity index (χ0) is 12.5. The molecule has 1 nitrogen and oxygen atoms in total. The van der Waals surface area contributed by atoms with Crippen LogP contribution in [0, 0.1) is 0 Å². The van der Waals surface area contributed by atoms with Crippen LogP contribution in [0.5, 0.6) is 0 Å². The van der Waals surface area contributed by atoms with Gasteiger partial charge in [0.05, 0.1) is 5.60 Å². The molecule has 0 aromatic heterocycles. The lowest BCUT2D eigenvalue weighted by Crippen LogP contribution is -2.16. The van der Waals surface area contributed by atoms with E-state index < -0.39 is 5.60 Å². The lowest BCUT2D eigenvalue weighted by molar-refractivity contribution is 0.0792. The van der Waals surface area contributed by atoms with Gasteiger partial charge in [0.15, 0.2) is 0 Å². The summed E-state index contributed by atoms with van der Waals surface area (Å²) < 4.78 is 1.04. The predicted molar refractivity (Wildman–Crippen MR) is 74.8 cm³/mol. The van der Waals surface area contributed by atoms with E-state index in [2.05, 4.69) is 22.0 Å². The molecular formula is C15H15BrO. The van der Waals surface area contributed by atoms with Crippen molar-refractivity contribution in [2.24, 2.45) is 0 Å². The first kappa shape index (κ1) is 12.3. The molecule has 2 aromatic carbocycles. The largest absolute Gasteiger partial charge is 0.386 e. The van der Waals surface area contributed by atoms with E-state index in [9.17, 15) is 5.11 Å². The van der Waals surface area contributed by atoms with Gasteiger partial charge in [-0.25, -0.2) is 0 Å². The van der Waals surface area contributed by atoms with Gasteiger partial charge in [-0.2, -0.15) is 0 Å². The number of aliphatic hydroxyl groups is 1. The SMILES string of the molecule is CC(C)(O)c1ccccc1-c1ccccc1Br. The Labute approximate surface area is 110 Å². The Morgan fingerprint density at radius 2 is 1.41 bits per heavy atom. The Hall–Kier alpha value is -1.12. The van der Waals surface area contributed by atoms with Gasteiger partial charge < -0.3 is 5.11 Å². The molecule has 88 valence electrons. The maximum atomic E-state index is 10.2. The van der Waals surface area contributed by atoms with E-state index in [1.807, 2.05) is 56.3 Å². The highest BCUT2D eigenvalue weighted by Gasteiger charge is 2.20. The van der Waals surface area contributed by atoms with Gasteiger partial charge in [-0.1, -0.05) is 58.4 Å². The molecule has 0 heterocycles. The monoisotopic (exact) mass is 290 g/mol. The highest BCUT2D eigenvalue weighted by atomic mass is 79.9. The standard InChI is InChI=1S/C15H15BrO/c1-15(2,17)13-9-5-3-7-11(13)12-8-4-6-10-14(12)16/h3-10,17H,1-2H3. The van der Waals surface area contributed by atoms with Gasteiger partial charge in [0.1, 0.15) is 0 Å². The summed E-state index contributed by atoms with van der Waals surface area (Å²) >= 11 is 3.55. The van der Waals surface area contributed by atoms with E-state index >= 15 is 0 Å². The lowest BCUT2D eigenvalue weighted by atomic mass is 9.90. The van der Waals surface area contributed by atoms with Crippen LogP contribution in [0.25, 0.3) is 11.1 Å². The quantitative estimate of drug-likeness (QED) is 0.872. The molecular weight excluding hydrogens is 276 g/mol. The zero-order valence-corrected chi connectivity index (χ0v) is 11.5. The molecule has 0 aliphatic rings. The summed E-state index contributed by atoms with van der Waals surface area (Å²) in [6, 6.07) is 16.0. The molecule has 2 aromatic rings. The maximum Gasteiger partial charge on any atom is 0.0846 e. The van der Waals surface area contributed by atoms with Crippen LogP contribution in [0.15, 0.2) is 53.0 Å². The Balaban J connectivity index is 2.65. The predicted octanol–water partition coefficient (Wildman–Crippen LogP) is 4.34. The first-order chi connectivity index (χ1) is 8.00. The van der Waals surface area contributed by atoms with Gasteiger partial charge in [0, 0.05) is 4.47 Å². The third kappa shape index (κ3) is 2.59. The van der Waals surface area contributed by atoms with Gasteiger partial charge in [-0.15, -0.1) is 0 Å². The molecule has 0 saturated heterocycles. The Morgan fingerprint density at radius 1 is 0.882 bits per heavy atom. The minimum absolute atomic E-state index is 0.841. The Kier molecular flexibility index (Phi) is 3.36. The van der Waals surface area contributed by atoms with Gasteiger partial charge in [0.2, 0.25) is 0 Å². The second-order valence-electron chi connectivity index (χ2n) is 4.58. The molecule has 17 heavy (non-hydrogen) atoms. The first-order valence-corrected chi connectivity index (χ1v) is 6.36. The minimum atomic E-state index is -0.841. The fourth-order valence-corrected chi connectivity index (χ4v) is 2.43. The van der Waals surface area contributed by atoms with Crippen LogP contribution in [0.3, 0.4) is 0 Å². The number of halogens is 1. The van der Waals surface area contributed by atoms with E-state index in [0.717, 1.165) is 21.2 Å². The van der Waals surface area contributed by atoms with Gasteiger partial charge >= 0.3 is 0 Å². The van der Waals surface area contributed by atoms with Crippen LogP contribution in [0.2, 0.25) is 0 Å². The van der Waals surface area contributed by atoms with Crippen LogP contribution < -0.4 is 0 Å². The summed E-state index contributed by atoms with van der Waals surface area (Å²) in [5, 5.41) is 10.2. The van der Waals surface area contributed by atoms with Crippen molar-refractivity contribution < 1.29 is 5.11 Å². The zero-order valence-electron chi connectivity index (χ0n) is 9.94. The van der Waals surface area contributed by atoms with Crippen molar-refractivity contribution in [1.82, 2.24) is 0 Å². The van der Waals surface area contributed by atoms with Crippen molar-refractivity contribution in [3.05, 3.63) is 58.6 Å². The number of rotatable bonds is 2. The van der Waals surface area contributed by atoms with E-state index in [1.54, 1.807) is 0 Å². The van der Waals surface area contributed by atoms with Crippen LogP contribution in [-0.4, -0.2) is 5.11 Å². The van der Waals surface area contributed by atoms with Gasteiger partial charge in [0.25, 0.3) is 0 Å². The summed E-state index contributed by atoms with van der Waals surface area (Å²) in [6.45, 7) is 3.62. The molecule has 0 fully saturated rings. The summed E-state index contributed by atoms with van der Waals surface area (Å²) in [5.41, 5.74) is 2.26. The minimum Gasteiger partial charge on any atom is -0.386 e. The summed E-state index contributed by atoms with van der Waals surface area (Å²) in [4.78, 5) is 0. The molecule has 2 rings (SSSR count). The molecule has 0 spiro atoms. The molecule has 0 aliphatic carbocycles. The van der Waals surface area contributed by atoms with E-state index in [0.29, 0.717) is 0 Å². The van der Waals surface area contributed by atoms with Crippen LogP contribution in [-0.2, 0) is 5.60 Å². The molecule has 0 bridgehead atoms. The maximum absolute atomic E-state index is 10.2. The third-order valence-corrected chi connectivity index (χ3v) is 3.44. The van der Waals surface area contributed by atoms with E-state index in [4.69, 9.17) is 0 Å². The van der Waals surface area contributed by atoms with Gasteiger partial charge in [-0.3, -0.25) is 0 Å². The molecule has 0 saturated carbocycles. The topological polar surface area (TPSA) is 20.2 Å². The Bertz CT molecular complexity index is 526. The van der Waals surface area contributed by atoms with Crippen molar-refractivity contribution in [3.63, 3.8) is 0 Å². The normalized spacial score (nSPS) is 11.5. The fraction of sp³-hybridized carbons (Fsp3) is 0.200. The fourth-order valence-electron chi connectivity index (χ4n) is 1.93. The Morgan fingerprint density at radius 3 is 2.00 bits per heavy atom. The molecule has 0 radical (unpaired) electrons. The first-order valence-electron chi connectivity index (χ1n) is 5.57. The van der Waals surface area contributed by atoms with E-state index in [1.165, 1.54) is 0 Å². The van der Waals surface area contributed by atoms with Crippen molar-refractivity contribution in [3.8, 4) is 11.1 Å². The number of hydrogen-bond acceptors (Lipinski definition) is 1. The van der Waals surface area contributed by atoms with Crippen molar-refractivity contribution in [1.29, 1.82) is 0 Å². The highest BCUT2D eigenvalue weighted by molar-refractivity contribution is 9.10. The van der Waals surface area contributed by atoms with Gasteiger partial charge in [-0.05, 0) is 36.6 Å². The third-order valence-electron chi connectivity index (χ3n) is 2.75. The van der Waals surface area contributed by atoms with Crippen LogP contribution in [0.1, 0.15) is 19.4 Å². The molecule has 0 aliphatic heterocycles.